The molecule has 2 atom stereocenters. The number of hydrogen-bond acceptors (Lipinski definition) is 2. The normalized spacial score (nSPS) is 14.4. The SMILES string of the molecule is COc1c(C)cc(Cl)c(C)c1C(C)C(C)CCN. The lowest BCUT2D eigenvalue weighted by Crippen LogP contribution is -2.14. The predicted octanol–water partition coefficient (Wildman–Crippen LogP) is 4.05. The molecule has 2 nitrogen and oxygen atoms in total. The van der Waals surface area contributed by atoms with E-state index >= 15 is 0 Å². The van der Waals surface area contributed by atoms with Crippen molar-refractivity contribution in [2.75, 3.05) is 13.7 Å². The van der Waals surface area contributed by atoms with E-state index < -0.39 is 0 Å². The maximum atomic E-state index is 6.29. The second kappa shape index (κ2) is 6.44. The van der Waals surface area contributed by atoms with E-state index in [9.17, 15) is 0 Å². The number of ether oxygens (including phenoxy) is 1. The number of rotatable bonds is 5. The van der Waals surface area contributed by atoms with Crippen LogP contribution in [0.4, 0.5) is 0 Å². The molecular weight excluding hydrogens is 246 g/mol. The number of aryl methyl sites for hydroxylation is 1. The lowest BCUT2D eigenvalue weighted by atomic mass is 9.83. The van der Waals surface area contributed by atoms with Crippen LogP contribution in [0.2, 0.25) is 5.02 Å². The van der Waals surface area contributed by atoms with Gasteiger partial charge in [-0.2, -0.15) is 0 Å². The topological polar surface area (TPSA) is 35.2 Å². The number of halogens is 1. The van der Waals surface area contributed by atoms with Gasteiger partial charge in [-0.15, -0.1) is 0 Å². The third kappa shape index (κ3) is 2.99. The number of methoxy groups -OCH3 is 1. The van der Waals surface area contributed by atoms with E-state index in [0.717, 1.165) is 28.3 Å². The van der Waals surface area contributed by atoms with Gasteiger partial charge >= 0.3 is 0 Å². The standard InChI is InChI=1S/C15H24ClNO/c1-9(6-7-17)11(3)14-12(4)13(16)8-10(2)15(14)18-5/h8-9,11H,6-7,17H2,1-5H3. The first kappa shape index (κ1) is 15.3. The lowest BCUT2D eigenvalue weighted by Gasteiger charge is -2.25. The number of nitrogens with two attached hydrogens (primary N) is 1. The Bertz CT molecular complexity index is 417. The molecule has 0 aromatic heterocycles. The highest BCUT2D eigenvalue weighted by molar-refractivity contribution is 6.31. The summed E-state index contributed by atoms with van der Waals surface area (Å²) in [6, 6.07) is 1.97. The minimum atomic E-state index is 0.390. The molecule has 0 heterocycles. The Labute approximate surface area is 115 Å². The zero-order chi connectivity index (χ0) is 13.9. The van der Waals surface area contributed by atoms with Gasteiger partial charge in [-0.3, -0.25) is 0 Å². The quantitative estimate of drug-likeness (QED) is 0.875. The van der Waals surface area contributed by atoms with Gasteiger partial charge in [-0.05, 0) is 55.8 Å². The molecule has 102 valence electrons. The minimum Gasteiger partial charge on any atom is -0.496 e. The maximum Gasteiger partial charge on any atom is 0.125 e. The van der Waals surface area contributed by atoms with Gasteiger partial charge in [0.15, 0.2) is 0 Å². The monoisotopic (exact) mass is 269 g/mol. The van der Waals surface area contributed by atoms with Gasteiger partial charge in [-0.25, -0.2) is 0 Å². The Balaban J connectivity index is 3.28. The molecule has 18 heavy (non-hydrogen) atoms. The van der Waals surface area contributed by atoms with Crippen LogP contribution in [0.15, 0.2) is 6.07 Å². The highest BCUT2D eigenvalue weighted by atomic mass is 35.5. The Morgan fingerprint density at radius 2 is 1.94 bits per heavy atom. The predicted molar refractivity (Wildman–Crippen MR) is 78.7 cm³/mol. The average molecular weight is 270 g/mol. The van der Waals surface area contributed by atoms with E-state index in [1.807, 2.05) is 13.0 Å². The molecule has 0 aliphatic carbocycles. The third-order valence-electron chi connectivity index (χ3n) is 3.84. The summed E-state index contributed by atoms with van der Waals surface area (Å²) in [4.78, 5) is 0. The van der Waals surface area contributed by atoms with Gasteiger partial charge in [0.2, 0.25) is 0 Å². The van der Waals surface area contributed by atoms with E-state index in [0.29, 0.717) is 18.4 Å². The number of benzene rings is 1. The molecule has 0 spiro atoms. The summed E-state index contributed by atoms with van der Waals surface area (Å²) in [6.07, 6.45) is 1.01. The van der Waals surface area contributed by atoms with Crippen LogP contribution >= 0.6 is 11.6 Å². The van der Waals surface area contributed by atoms with Crippen molar-refractivity contribution in [3.8, 4) is 5.75 Å². The van der Waals surface area contributed by atoms with Crippen LogP contribution in [0.25, 0.3) is 0 Å². The van der Waals surface area contributed by atoms with Crippen molar-refractivity contribution in [3.63, 3.8) is 0 Å². The van der Waals surface area contributed by atoms with Crippen molar-refractivity contribution in [1.82, 2.24) is 0 Å². The van der Waals surface area contributed by atoms with Gasteiger partial charge in [0.05, 0.1) is 7.11 Å². The molecule has 0 saturated carbocycles. The molecule has 0 aliphatic rings. The summed E-state index contributed by atoms with van der Waals surface area (Å²) in [5.74, 6) is 1.87. The second-order valence-electron chi connectivity index (χ2n) is 5.09. The first-order chi connectivity index (χ1) is 8.43. The van der Waals surface area contributed by atoms with E-state index in [1.165, 1.54) is 5.56 Å². The van der Waals surface area contributed by atoms with E-state index in [-0.39, 0.29) is 0 Å². The molecule has 0 aliphatic heterocycles. The third-order valence-corrected chi connectivity index (χ3v) is 4.24. The van der Waals surface area contributed by atoms with Crippen molar-refractivity contribution >= 4 is 11.6 Å². The largest absolute Gasteiger partial charge is 0.496 e. The van der Waals surface area contributed by atoms with Crippen molar-refractivity contribution in [2.45, 2.75) is 40.0 Å². The summed E-state index contributed by atoms with van der Waals surface area (Å²) < 4.78 is 5.57. The Kier molecular flexibility index (Phi) is 5.48. The van der Waals surface area contributed by atoms with Crippen LogP contribution in [-0.2, 0) is 0 Å². The van der Waals surface area contributed by atoms with Gasteiger partial charge in [0.25, 0.3) is 0 Å². The summed E-state index contributed by atoms with van der Waals surface area (Å²) >= 11 is 6.29. The van der Waals surface area contributed by atoms with Gasteiger partial charge in [-0.1, -0.05) is 25.4 Å². The molecule has 0 amide bonds. The summed E-state index contributed by atoms with van der Waals surface area (Å²) in [7, 11) is 1.72. The summed E-state index contributed by atoms with van der Waals surface area (Å²) in [5, 5.41) is 0.815. The molecule has 2 unspecified atom stereocenters. The molecule has 1 aromatic rings. The van der Waals surface area contributed by atoms with Crippen molar-refractivity contribution in [1.29, 1.82) is 0 Å². The van der Waals surface area contributed by atoms with Crippen molar-refractivity contribution < 1.29 is 4.74 Å². The van der Waals surface area contributed by atoms with Crippen LogP contribution in [0, 0.1) is 19.8 Å². The second-order valence-corrected chi connectivity index (χ2v) is 5.50. The van der Waals surface area contributed by atoms with E-state index in [1.54, 1.807) is 7.11 Å². The molecular formula is C15H24ClNO. The van der Waals surface area contributed by atoms with Crippen LogP contribution in [0.3, 0.4) is 0 Å². The van der Waals surface area contributed by atoms with Crippen LogP contribution in [0.5, 0.6) is 5.75 Å². The Hall–Kier alpha value is -0.730. The highest BCUT2D eigenvalue weighted by Crippen LogP contribution is 2.40. The fraction of sp³-hybridized carbons (Fsp3) is 0.600. The van der Waals surface area contributed by atoms with E-state index in [4.69, 9.17) is 22.1 Å². The van der Waals surface area contributed by atoms with E-state index in [2.05, 4.69) is 20.8 Å². The lowest BCUT2D eigenvalue weighted by molar-refractivity contribution is 0.387. The Morgan fingerprint density at radius 3 is 2.44 bits per heavy atom. The fourth-order valence-corrected chi connectivity index (χ4v) is 2.76. The van der Waals surface area contributed by atoms with Crippen LogP contribution in [0.1, 0.15) is 42.9 Å². The molecule has 0 saturated heterocycles. The summed E-state index contributed by atoms with van der Waals surface area (Å²) in [5.41, 5.74) is 9.10. The smallest absolute Gasteiger partial charge is 0.125 e. The maximum absolute atomic E-state index is 6.29. The van der Waals surface area contributed by atoms with Gasteiger partial charge in [0, 0.05) is 10.6 Å². The number of hydrogen-bond donors (Lipinski definition) is 1. The molecule has 1 rings (SSSR count). The van der Waals surface area contributed by atoms with Crippen molar-refractivity contribution in [3.05, 3.63) is 27.8 Å². The van der Waals surface area contributed by atoms with Crippen molar-refractivity contribution in [2.24, 2.45) is 11.7 Å². The van der Waals surface area contributed by atoms with Gasteiger partial charge < -0.3 is 10.5 Å². The molecule has 1 aromatic carbocycles. The molecule has 0 bridgehead atoms. The molecule has 2 N–H and O–H groups in total. The van der Waals surface area contributed by atoms with Crippen LogP contribution < -0.4 is 10.5 Å². The minimum absolute atomic E-state index is 0.390. The molecule has 0 radical (unpaired) electrons. The van der Waals surface area contributed by atoms with Gasteiger partial charge in [0.1, 0.15) is 5.75 Å². The zero-order valence-electron chi connectivity index (χ0n) is 12.0. The molecule has 0 fully saturated rings. The first-order valence-electron chi connectivity index (χ1n) is 6.47. The van der Waals surface area contributed by atoms with Crippen LogP contribution in [-0.4, -0.2) is 13.7 Å². The molecule has 3 heteroatoms. The highest BCUT2D eigenvalue weighted by Gasteiger charge is 2.22. The fourth-order valence-electron chi connectivity index (χ4n) is 2.49. The first-order valence-corrected chi connectivity index (χ1v) is 6.85. The Morgan fingerprint density at radius 1 is 1.33 bits per heavy atom. The summed E-state index contributed by atoms with van der Waals surface area (Å²) in [6.45, 7) is 9.26. The average Bonchev–Trinajstić information content (AvgIpc) is 2.32. The zero-order valence-corrected chi connectivity index (χ0v) is 12.8.